The van der Waals surface area contributed by atoms with Crippen molar-refractivity contribution in [3.63, 3.8) is 0 Å². The predicted molar refractivity (Wildman–Crippen MR) is 76.7 cm³/mol. The third-order valence-electron chi connectivity index (χ3n) is 3.76. The smallest absolute Gasteiger partial charge is 0.167 e. The van der Waals surface area contributed by atoms with E-state index in [0.717, 1.165) is 0 Å². The molecule has 0 radical (unpaired) electrons. The molecule has 3 heterocycles. The Kier molecular flexibility index (Phi) is 4.21. The number of aliphatic hydroxyl groups excluding tert-OH is 1. The zero-order chi connectivity index (χ0) is 15.7. The van der Waals surface area contributed by atoms with Crippen LogP contribution in [0.3, 0.4) is 0 Å². The van der Waals surface area contributed by atoms with Crippen LogP contribution in [-0.4, -0.2) is 56.8 Å². The maximum Gasteiger partial charge on any atom is 0.167 e. The molecule has 4 unspecified atom stereocenters. The minimum Gasteiger partial charge on any atom is -0.394 e. The van der Waals surface area contributed by atoms with Gasteiger partial charge >= 0.3 is 0 Å². The van der Waals surface area contributed by atoms with Gasteiger partial charge in [-0.1, -0.05) is 0 Å². The van der Waals surface area contributed by atoms with Crippen molar-refractivity contribution in [3.8, 4) is 0 Å². The highest BCUT2D eigenvalue weighted by Gasteiger charge is 2.38. The second-order valence-corrected chi connectivity index (χ2v) is 5.11. The van der Waals surface area contributed by atoms with Crippen molar-refractivity contribution in [3.05, 3.63) is 12.7 Å². The summed E-state index contributed by atoms with van der Waals surface area (Å²) in [6.07, 6.45) is 2.12. The molecule has 3 rings (SSSR count). The third-order valence-corrected chi connectivity index (χ3v) is 3.76. The Hall–Kier alpha value is -1.81. The van der Waals surface area contributed by atoms with Gasteiger partial charge in [-0.15, -0.1) is 0 Å². The van der Waals surface area contributed by atoms with Crippen molar-refractivity contribution in [1.29, 1.82) is 0 Å². The molecular formula is C13H19N5O4. The molecule has 0 bridgehead atoms. The van der Waals surface area contributed by atoms with Gasteiger partial charge in [-0.3, -0.25) is 4.57 Å². The van der Waals surface area contributed by atoms with Crippen LogP contribution in [-0.2, 0) is 14.2 Å². The third kappa shape index (κ3) is 2.63. The molecule has 1 aliphatic heterocycles. The number of methoxy groups -OCH3 is 1. The van der Waals surface area contributed by atoms with Crippen LogP contribution in [0.4, 0.5) is 5.82 Å². The van der Waals surface area contributed by atoms with Crippen LogP contribution < -0.4 is 5.73 Å². The molecule has 0 saturated carbocycles. The molecule has 9 nitrogen and oxygen atoms in total. The van der Waals surface area contributed by atoms with Crippen molar-refractivity contribution in [2.24, 2.45) is 0 Å². The van der Waals surface area contributed by atoms with Crippen LogP contribution in [0.5, 0.6) is 0 Å². The summed E-state index contributed by atoms with van der Waals surface area (Å²) in [6.45, 7) is 1.66. The van der Waals surface area contributed by atoms with Crippen molar-refractivity contribution in [2.45, 2.75) is 38.1 Å². The SMILES string of the molecule is COC(C)OC1CC(n2cnc3c(N)ncnc32)OC1CO. The number of nitrogens with two attached hydrogens (primary N) is 1. The first-order valence-electron chi connectivity index (χ1n) is 7.01. The Morgan fingerprint density at radius 1 is 1.50 bits per heavy atom. The summed E-state index contributed by atoms with van der Waals surface area (Å²) in [4.78, 5) is 12.3. The van der Waals surface area contributed by atoms with E-state index < -0.39 is 6.10 Å². The summed E-state index contributed by atoms with van der Waals surface area (Å²) >= 11 is 0. The van der Waals surface area contributed by atoms with E-state index in [4.69, 9.17) is 19.9 Å². The number of imidazole rings is 1. The van der Waals surface area contributed by atoms with Crippen LogP contribution >= 0.6 is 0 Å². The number of hydrogen-bond donors (Lipinski definition) is 2. The second-order valence-electron chi connectivity index (χ2n) is 5.11. The van der Waals surface area contributed by atoms with Crippen molar-refractivity contribution >= 4 is 17.0 Å². The fourth-order valence-corrected chi connectivity index (χ4v) is 2.56. The number of nitrogens with zero attached hydrogens (tertiary/aromatic N) is 4. The fraction of sp³-hybridized carbons (Fsp3) is 0.615. The number of ether oxygens (including phenoxy) is 3. The first-order valence-corrected chi connectivity index (χ1v) is 7.01. The maximum atomic E-state index is 9.48. The summed E-state index contributed by atoms with van der Waals surface area (Å²) in [5.74, 6) is 0.321. The zero-order valence-electron chi connectivity index (χ0n) is 12.4. The quantitative estimate of drug-likeness (QED) is 0.745. The summed E-state index contributed by atoms with van der Waals surface area (Å²) in [7, 11) is 1.56. The lowest BCUT2D eigenvalue weighted by atomic mass is 10.2. The highest BCUT2D eigenvalue weighted by atomic mass is 16.7. The number of hydrogen-bond acceptors (Lipinski definition) is 8. The van der Waals surface area contributed by atoms with Crippen LogP contribution in [0.25, 0.3) is 11.2 Å². The molecule has 0 aliphatic carbocycles. The monoisotopic (exact) mass is 309 g/mol. The first-order chi connectivity index (χ1) is 10.6. The summed E-state index contributed by atoms with van der Waals surface area (Å²) in [5.41, 5.74) is 6.91. The van der Waals surface area contributed by atoms with E-state index in [1.54, 1.807) is 24.9 Å². The Morgan fingerprint density at radius 3 is 3.05 bits per heavy atom. The van der Waals surface area contributed by atoms with Crippen molar-refractivity contribution in [2.75, 3.05) is 19.5 Å². The highest BCUT2D eigenvalue weighted by Crippen LogP contribution is 2.33. The van der Waals surface area contributed by atoms with Gasteiger partial charge in [0.15, 0.2) is 17.8 Å². The minimum atomic E-state index is -0.431. The lowest BCUT2D eigenvalue weighted by Crippen LogP contribution is -2.31. The fourth-order valence-electron chi connectivity index (χ4n) is 2.56. The van der Waals surface area contributed by atoms with Gasteiger partial charge in [-0.05, 0) is 6.92 Å². The van der Waals surface area contributed by atoms with Gasteiger partial charge in [-0.2, -0.15) is 0 Å². The van der Waals surface area contributed by atoms with E-state index in [1.165, 1.54) is 6.33 Å². The van der Waals surface area contributed by atoms with Crippen LogP contribution in [0.1, 0.15) is 19.6 Å². The number of aliphatic hydroxyl groups is 1. The molecule has 2 aromatic rings. The van der Waals surface area contributed by atoms with Gasteiger partial charge in [0.2, 0.25) is 0 Å². The molecule has 0 amide bonds. The summed E-state index contributed by atoms with van der Waals surface area (Å²) < 4.78 is 18.5. The maximum absolute atomic E-state index is 9.48. The molecule has 22 heavy (non-hydrogen) atoms. The first kappa shape index (κ1) is 15.1. The van der Waals surface area contributed by atoms with Gasteiger partial charge in [0.05, 0.1) is 19.0 Å². The Labute approximate surface area is 127 Å². The molecule has 2 aromatic heterocycles. The van der Waals surface area contributed by atoms with Gasteiger partial charge in [0, 0.05) is 13.5 Å². The van der Waals surface area contributed by atoms with Crippen LogP contribution in [0.2, 0.25) is 0 Å². The van der Waals surface area contributed by atoms with E-state index in [9.17, 15) is 5.11 Å². The molecule has 0 aromatic carbocycles. The number of aromatic nitrogens is 4. The van der Waals surface area contributed by atoms with Gasteiger partial charge in [0.1, 0.15) is 24.2 Å². The standard InChI is InChI=1S/C13H19N5O4/c1-7(20-2)21-8-3-10(22-9(8)4-19)18-6-17-11-12(14)15-5-16-13(11)18/h5-10,19H,3-4H2,1-2H3,(H2,14,15,16). The number of nitrogen functional groups attached to an aromatic ring is 1. The van der Waals surface area contributed by atoms with E-state index >= 15 is 0 Å². The summed E-state index contributed by atoms with van der Waals surface area (Å²) in [6, 6.07) is 0. The number of rotatable bonds is 5. The average molecular weight is 309 g/mol. The minimum absolute atomic E-state index is 0.138. The zero-order valence-corrected chi connectivity index (χ0v) is 12.4. The lowest BCUT2D eigenvalue weighted by molar-refractivity contribution is -0.162. The topological polar surface area (TPSA) is 118 Å². The predicted octanol–water partition coefficient (Wildman–Crippen LogP) is 0.0659. The van der Waals surface area contributed by atoms with Crippen LogP contribution in [0.15, 0.2) is 12.7 Å². The van der Waals surface area contributed by atoms with E-state index in [2.05, 4.69) is 15.0 Å². The molecule has 1 aliphatic rings. The Balaban J connectivity index is 1.84. The Bertz CT molecular complexity index is 648. The van der Waals surface area contributed by atoms with Gasteiger partial charge in [0.25, 0.3) is 0 Å². The number of fused-ring (bicyclic) bond motifs is 1. The Morgan fingerprint density at radius 2 is 2.32 bits per heavy atom. The lowest BCUT2D eigenvalue weighted by Gasteiger charge is -2.20. The summed E-state index contributed by atoms with van der Waals surface area (Å²) in [5, 5.41) is 9.48. The highest BCUT2D eigenvalue weighted by molar-refractivity contribution is 5.81. The van der Waals surface area contributed by atoms with Crippen molar-refractivity contribution < 1.29 is 19.3 Å². The molecule has 1 fully saturated rings. The molecule has 120 valence electrons. The van der Waals surface area contributed by atoms with E-state index in [1.807, 2.05) is 0 Å². The van der Waals surface area contributed by atoms with Gasteiger partial charge < -0.3 is 25.1 Å². The largest absolute Gasteiger partial charge is 0.394 e. The average Bonchev–Trinajstić information content (AvgIpc) is 3.11. The normalized spacial score (nSPS) is 26.6. The molecule has 9 heteroatoms. The van der Waals surface area contributed by atoms with Gasteiger partial charge in [-0.25, -0.2) is 15.0 Å². The number of anilines is 1. The molecule has 3 N–H and O–H groups in total. The molecule has 4 atom stereocenters. The van der Waals surface area contributed by atoms with Crippen LogP contribution in [0, 0.1) is 0 Å². The van der Waals surface area contributed by atoms with E-state index in [-0.39, 0.29) is 25.2 Å². The van der Waals surface area contributed by atoms with Crippen molar-refractivity contribution in [1.82, 2.24) is 19.5 Å². The van der Waals surface area contributed by atoms with E-state index in [0.29, 0.717) is 23.4 Å². The molecule has 0 spiro atoms. The molecular weight excluding hydrogens is 290 g/mol. The molecule has 1 saturated heterocycles. The second kappa shape index (κ2) is 6.13.